The van der Waals surface area contributed by atoms with Crippen LogP contribution in [0.5, 0.6) is 0 Å². The highest BCUT2D eigenvalue weighted by molar-refractivity contribution is 6.14. The summed E-state index contributed by atoms with van der Waals surface area (Å²) in [5.74, 6) is 0. The summed E-state index contributed by atoms with van der Waals surface area (Å²) in [6.45, 7) is 0. The summed E-state index contributed by atoms with van der Waals surface area (Å²) >= 11 is 0. The fourth-order valence-corrected chi connectivity index (χ4v) is 6.57. The van der Waals surface area contributed by atoms with Gasteiger partial charge in [0, 0.05) is 30.7 Å². The minimum Gasteiger partial charge on any atom is -0.0659 e. The molecule has 0 aromatic rings. The van der Waals surface area contributed by atoms with Gasteiger partial charge < -0.3 is 0 Å². The third kappa shape index (κ3) is 4.80. The zero-order valence-electron chi connectivity index (χ0n) is 6.41. The molecule has 0 aliphatic heterocycles. The molecule has 0 aromatic heterocycles. The number of rotatable bonds is 4. The van der Waals surface area contributed by atoms with E-state index >= 15 is 0 Å². The summed E-state index contributed by atoms with van der Waals surface area (Å²) in [4.78, 5) is 0. The molecule has 0 nitrogen and oxygen atoms in total. The van der Waals surface area contributed by atoms with Crippen molar-refractivity contribution in [2.75, 3.05) is 0 Å². The predicted octanol–water partition coefficient (Wildman–Crippen LogP) is -1.51. The van der Waals surface area contributed by atoms with E-state index in [2.05, 4.69) is 0 Å². The van der Waals surface area contributed by atoms with E-state index < -0.39 is 0 Å². The lowest BCUT2D eigenvalue weighted by Crippen LogP contribution is -1.90. The van der Waals surface area contributed by atoms with Gasteiger partial charge in [-0.1, -0.05) is 30.5 Å². The number of hydrogen-bond donors (Lipinski definition) is 0. The summed E-state index contributed by atoms with van der Waals surface area (Å²) in [6.07, 6.45) is 3.11. The highest BCUT2D eigenvalue weighted by Gasteiger charge is 1.95. The van der Waals surface area contributed by atoms with E-state index in [0.29, 0.717) is 0 Å². The van der Waals surface area contributed by atoms with Crippen LogP contribution in [0.25, 0.3) is 0 Å². The van der Waals surface area contributed by atoms with Crippen LogP contribution in [0.1, 0.15) is 12.8 Å². The van der Waals surface area contributed by atoms with E-state index in [1.54, 1.807) is 12.8 Å². The molecule has 0 aliphatic carbocycles. The van der Waals surface area contributed by atoms with Crippen molar-refractivity contribution in [3.05, 3.63) is 0 Å². The smallest absolute Gasteiger partial charge is 0.00669 e. The first-order valence-electron chi connectivity index (χ1n) is 3.81. The lowest BCUT2D eigenvalue weighted by molar-refractivity contribution is 0.767. The van der Waals surface area contributed by atoms with Crippen molar-refractivity contribution in [1.82, 2.24) is 0 Å². The van der Waals surface area contributed by atoms with Crippen molar-refractivity contribution in [3.8, 4) is 0 Å². The minimum absolute atomic E-state index is 1.17. The summed E-state index contributed by atoms with van der Waals surface area (Å²) in [7, 11) is 4.31. The van der Waals surface area contributed by atoms with Crippen molar-refractivity contribution >= 4 is 30.7 Å². The molecule has 8 heavy (non-hydrogen) atoms. The van der Waals surface area contributed by atoms with Gasteiger partial charge >= 0.3 is 0 Å². The maximum atomic E-state index is 1.56. The molecule has 0 fully saturated rings. The zero-order chi connectivity index (χ0) is 6.41. The fraction of sp³-hybridized carbons (Fsp3) is 1.00. The van der Waals surface area contributed by atoms with Gasteiger partial charge in [0.2, 0.25) is 0 Å². The molecule has 3 heteroatoms. The third-order valence-corrected chi connectivity index (χ3v) is 3.87. The first kappa shape index (κ1) is 8.65. The van der Waals surface area contributed by atoms with Gasteiger partial charge in [0.1, 0.15) is 0 Å². The molecule has 0 bridgehead atoms. The molecule has 0 spiro atoms. The Morgan fingerprint density at radius 2 is 1.38 bits per heavy atom. The van der Waals surface area contributed by atoms with Crippen LogP contribution in [0.15, 0.2) is 0 Å². The van der Waals surface area contributed by atoms with E-state index in [4.69, 9.17) is 0 Å². The van der Waals surface area contributed by atoms with Gasteiger partial charge in [0.25, 0.3) is 0 Å². The molecule has 0 aromatic carbocycles. The Hall–Kier alpha value is 0.651. The van der Waals surface area contributed by atoms with Gasteiger partial charge in [-0.15, -0.1) is 0 Å². The monoisotopic (exact) mass is 162 g/mol. The lowest BCUT2D eigenvalue weighted by atomic mass is 10.3. The Balaban J connectivity index is 2.92. The molecule has 0 saturated carbocycles. The molecule has 0 radical (unpaired) electrons. The van der Waals surface area contributed by atoms with Crippen molar-refractivity contribution in [1.29, 1.82) is 0 Å². The third-order valence-electron chi connectivity index (χ3n) is 1.56. The standard InChI is InChI=1S/C5H18Si3/c6-3-1-5(8)2-4-7/h5H,1-4H2,6-8H3. The molecule has 0 heterocycles. The largest absolute Gasteiger partial charge is 0.0659 e. The van der Waals surface area contributed by atoms with Crippen molar-refractivity contribution in [2.24, 2.45) is 0 Å². The highest BCUT2D eigenvalue weighted by atomic mass is 28.2. The average molecular weight is 162 g/mol. The van der Waals surface area contributed by atoms with Gasteiger partial charge in [0.15, 0.2) is 0 Å². The van der Waals surface area contributed by atoms with Gasteiger partial charge in [-0.05, 0) is 0 Å². The van der Waals surface area contributed by atoms with E-state index in [0.717, 1.165) is 0 Å². The Morgan fingerprint density at radius 3 is 1.62 bits per heavy atom. The predicted molar refractivity (Wildman–Crippen MR) is 52.4 cm³/mol. The van der Waals surface area contributed by atoms with Crippen LogP contribution in [0.2, 0.25) is 17.6 Å². The van der Waals surface area contributed by atoms with Crippen LogP contribution in [0.3, 0.4) is 0 Å². The summed E-state index contributed by atoms with van der Waals surface area (Å²) < 4.78 is 0. The van der Waals surface area contributed by atoms with Crippen LogP contribution >= 0.6 is 0 Å². The minimum atomic E-state index is 1.17. The maximum absolute atomic E-state index is 1.56. The molecular weight excluding hydrogens is 144 g/mol. The molecule has 0 unspecified atom stereocenters. The normalized spacial score (nSPS) is 15.0. The van der Waals surface area contributed by atoms with Crippen molar-refractivity contribution < 1.29 is 0 Å². The van der Waals surface area contributed by atoms with E-state index in [1.807, 2.05) is 0 Å². The van der Waals surface area contributed by atoms with Crippen molar-refractivity contribution in [2.45, 2.75) is 30.5 Å². The van der Waals surface area contributed by atoms with Crippen LogP contribution in [0, 0.1) is 0 Å². The molecule has 0 rings (SSSR count). The summed E-state index contributed by atoms with van der Waals surface area (Å²) in [5, 5.41) is 0. The quantitative estimate of drug-likeness (QED) is 0.441. The maximum Gasteiger partial charge on any atom is 0.00669 e. The highest BCUT2D eigenvalue weighted by Crippen LogP contribution is 2.13. The van der Waals surface area contributed by atoms with E-state index in [1.165, 1.54) is 48.4 Å². The van der Waals surface area contributed by atoms with Gasteiger partial charge in [0.05, 0.1) is 0 Å². The van der Waals surface area contributed by atoms with Crippen LogP contribution < -0.4 is 0 Å². The molecule has 50 valence electrons. The molecule has 0 saturated heterocycles. The van der Waals surface area contributed by atoms with Crippen LogP contribution in [0.4, 0.5) is 0 Å². The number of hydrogen-bond acceptors (Lipinski definition) is 0. The fourth-order valence-electron chi connectivity index (χ4n) is 1.13. The average Bonchev–Trinajstić information content (AvgIpc) is 1.68. The molecule has 0 atom stereocenters. The van der Waals surface area contributed by atoms with Gasteiger partial charge in [-0.25, -0.2) is 0 Å². The zero-order valence-corrected chi connectivity index (χ0v) is 12.4. The first-order chi connectivity index (χ1) is 3.81. The Morgan fingerprint density at radius 1 is 1.00 bits per heavy atom. The SMILES string of the molecule is [SiH3]CCC([SiH3])CC[SiH3]. The summed E-state index contributed by atoms with van der Waals surface area (Å²) in [5.41, 5.74) is 1.17. The first-order valence-corrected chi connectivity index (χ1v) is 7.79. The second-order valence-corrected chi connectivity index (χ2v) is 6.32. The Labute approximate surface area is 61.7 Å². The van der Waals surface area contributed by atoms with Gasteiger partial charge in [-0.2, -0.15) is 0 Å². The van der Waals surface area contributed by atoms with Crippen molar-refractivity contribution in [3.63, 3.8) is 0 Å². The Kier molecular flexibility index (Phi) is 6.25. The second-order valence-electron chi connectivity index (χ2n) is 2.68. The molecule has 0 aliphatic rings. The topological polar surface area (TPSA) is 0 Å². The van der Waals surface area contributed by atoms with E-state index in [-0.39, 0.29) is 0 Å². The summed E-state index contributed by atoms with van der Waals surface area (Å²) in [6, 6.07) is 3.07. The second kappa shape index (κ2) is 5.78. The van der Waals surface area contributed by atoms with Gasteiger partial charge in [-0.3, -0.25) is 0 Å². The van der Waals surface area contributed by atoms with Crippen LogP contribution in [-0.2, 0) is 0 Å². The van der Waals surface area contributed by atoms with E-state index in [9.17, 15) is 0 Å². The van der Waals surface area contributed by atoms with Crippen LogP contribution in [-0.4, -0.2) is 30.7 Å². The lowest BCUT2D eigenvalue weighted by Gasteiger charge is -2.05. The molecule has 0 amide bonds. The molecular formula is C5H18Si3. The Bertz CT molecular complexity index is 40.9. The molecule has 0 N–H and O–H groups in total.